The maximum absolute atomic E-state index is 10.4. The summed E-state index contributed by atoms with van der Waals surface area (Å²) >= 11 is 0. The molecule has 4 nitrogen and oxygen atoms in total. The number of hydrogen-bond acceptors (Lipinski definition) is 3. The normalized spacial score (nSPS) is 12.9. The number of rotatable bonds is 6. The molecule has 0 fully saturated rings. The zero-order chi connectivity index (χ0) is 15.4. The molecule has 0 spiro atoms. The van der Waals surface area contributed by atoms with Gasteiger partial charge < -0.3 is 5.11 Å². The number of aliphatic hydroxyl groups excluding tert-OH is 1. The topological polar surface area (TPSA) is 50.9 Å². The van der Waals surface area contributed by atoms with E-state index in [1.807, 2.05) is 23.7 Å². The maximum Gasteiger partial charge on any atom is 0.150 e. The molecule has 114 valence electrons. The van der Waals surface area contributed by atoms with Crippen molar-refractivity contribution < 1.29 is 5.11 Å². The molecule has 0 bridgehead atoms. The fraction of sp³-hybridized carbons (Fsp3) is 0.529. The Morgan fingerprint density at radius 3 is 2.19 bits per heavy atom. The lowest BCUT2D eigenvalue weighted by Crippen LogP contribution is -2.13. The predicted octanol–water partition coefficient (Wildman–Crippen LogP) is 3.26. The van der Waals surface area contributed by atoms with Crippen molar-refractivity contribution in [3.63, 3.8) is 0 Å². The van der Waals surface area contributed by atoms with Crippen LogP contribution in [0.25, 0.3) is 0 Å². The molecular formula is C17H25N3O. The van der Waals surface area contributed by atoms with Crippen LogP contribution in [0.2, 0.25) is 0 Å². The van der Waals surface area contributed by atoms with E-state index in [0.29, 0.717) is 12.5 Å². The Labute approximate surface area is 126 Å². The van der Waals surface area contributed by atoms with Crippen LogP contribution in [0.1, 0.15) is 62.5 Å². The van der Waals surface area contributed by atoms with E-state index in [1.165, 1.54) is 5.56 Å². The largest absolute Gasteiger partial charge is 0.386 e. The van der Waals surface area contributed by atoms with Gasteiger partial charge in [-0.3, -0.25) is 0 Å². The second-order valence-electron chi connectivity index (χ2n) is 5.67. The monoisotopic (exact) mass is 287 g/mol. The molecule has 0 aliphatic carbocycles. The van der Waals surface area contributed by atoms with Crippen molar-refractivity contribution in [3.8, 4) is 0 Å². The van der Waals surface area contributed by atoms with Crippen molar-refractivity contribution in [2.45, 2.75) is 59.1 Å². The smallest absolute Gasteiger partial charge is 0.150 e. The Morgan fingerprint density at radius 2 is 1.67 bits per heavy atom. The molecule has 1 aromatic carbocycles. The van der Waals surface area contributed by atoms with Gasteiger partial charge in [-0.2, -0.15) is 5.10 Å². The minimum atomic E-state index is -0.553. The summed E-state index contributed by atoms with van der Waals surface area (Å²) in [6.45, 7) is 8.89. The van der Waals surface area contributed by atoms with Crippen molar-refractivity contribution >= 4 is 0 Å². The van der Waals surface area contributed by atoms with Crippen molar-refractivity contribution in [2.75, 3.05) is 0 Å². The summed E-state index contributed by atoms with van der Waals surface area (Å²) in [5.41, 5.74) is 2.21. The van der Waals surface area contributed by atoms with E-state index in [-0.39, 0.29) is 0 Å². The molecule has 0 aliphatic rings. The van der Waals surface area contributed by atoms with Gasteiger partial charge in [0.25, 0.3) is 0 Å². The fourth-order valence-corrected chi connectivity index (χ4v) is 2.36. The van der Waals surface area contributed by atoms with E-state index in [9.17, 15) is 5.11 Å². The first kappa shape index (κ1) is 15.7. The Kier molecular flexibility index (Phi) is 5.12. The summed E-state index contributed by atoms with van der Waals surface area (Å²) in [4.78, 5) is 4.47. The molecule has 1 atom stereocenters. The van der Waals surface area contributed by atoms with Crippen LogP contribution in [0.3, 0.4) is 0 Å². The standard InChI is InChI=1S/C17H25N3O/c1-5-16-18-17(6-2)20(19-16)11-15(21)14-9-7-13(8-10-14)12(3)4/h7-10,12,15,21H,5-6,11H2,1-4H3. The predicted molar refractivity (Wildman–Crippen MR) is 84.3 cm³/mol. The van der Waals surface area contributed by atoms with Gasteiger partial charge in [-0.15, -0.1) is 0 Å². The molecule has 1 aromatic heterocycles. The summed E-state index contributed by atoms with van der Waals surface area (Å²) in [5, 5.41) is 14.9. The minimum Gasteiger partial charge on any atom is -0.386 e. The van der Waals surface area contributed by atoms with Gasteiger partial charge >= 0.3 is 0 Å². The Hall–Kier alpha value is -1.68. The molecule has 0 radical (unpaired) electrons. The molecule has 0 saturated heterocycles. The number of aromatic nitrogens is 3. The highest BCUT2D eigenvalue weighted by atomic mass is 16.3. The molecule has 2 rings (SSSR count). The molecule has 4 heteroatoms. The van der Waals surface area contributed by atoms with Gasteiger partial charge in [-0.05, 0) is 17.0 Å². The van der Waals surface area contributed by atoms with E-state index in [0.717, 1.165) is 30.1 Å². The third-order valence-electron chi connectivity index (χ3n) is 3.76. The zero-order valence-electron chi connectivity index (χ0n) is 13.4. The SMILES string of the molecule is CCc1nc(CC)n(CC(O)c2ccc(C(C)C)cc2)n1. The van der Waals surface area contributed by atoms with Crippen molar-refractivity contribution in [2.24, 2.45) is 0 Å². The lowest BCUT2D eigenvalue weighted by atomic mass is 10.00. The summed E-state index contributed by atoms with van der Waals surface area (Å²) < 4.78 is 1.83. The fourth-order valence-electron chi connectivity index (χ4n) is 2.36. The second-order valence-corrected chi connectivity index (χ2v) is 5.67. The maximum atomic E-state index is 10.4. The highest BCUT2D eigenvalue weighted by Crippen LogP contribution is 2.20. The van der Waals surface area contributed by atoms with Gasteiger partial charge in [0, 0.05) is 12.8 Å². The average Bonchev–Trinajstić information content (AvgIpc) is 2.89. The van der Waals surface area contributed by atoms with Crippen LogP contribution >= 0.6 is 0 Å². The molecular weight excluding hydrogens is 262 g/mol. The number of nitrogens with zero attached hydrogens (tertiary/aromatic N) is 3. The Morgan fingerprint density at radius 1 is 1.05 bits per heavy atom. The van der Waals surface area contributed by atoms with Gasteiger partial charge in [0.1, 0.15) is 5.82 Å². The molecule has 0 aliphatic heterocycles. The van der Waals surface area contributed by atoms with Crippen LogP contribution in [0, 0.1) is 0 Å². The van der Waals surface area contributed by atoms with Crippen LogP contribution in [-0.4, -0.2) is 19.9 Å². The average molecular weight is 287 g/mol. The molecule has 21 heavy (non-hydrogen) atoms. The van der Waals surface area contributed by atoms with Crippen LogP contribution in [0.5, 0.6) is 0 Å². The number of aliphatic hydroxyl groups is 1. The first-order valence-electron chi connectivity index (χ1n) is 7.75. The quantitative estimate of drug-likeness (QED) is 0.887. The summed E-state index contributed by atoms with van der Waals surface area (Å²) in [5.74, 6) is 2.28. The molecule has 1 N–H and O–H groups in total. The molecule has 1 heterocycles. The third-order valence-corrected chi connectivity index (χ3v) is 3.76. The van der Waals surface area contributed by atoms with Gasteiger partial charge in [0.05, 0.1) is 12.6 Å². The van der Waals surface area contributed by atoms with Crippen molar-refractivity contribution in [1.82, 2.24) is 14.8 Å². The van der Waals surface area contributed by atoms with E-state index < -0.39 is 6.10 Å². The van der Waals surface area contributed by atoms with Gasteiger partial charge in [0.2, 0.25) is 0 Å². The van der Waals surface area contributed by atoms with Gasteiger partial charge in [-0.1, -0.05) is 52.0 Å². The second kappa shape index (κ2) is 6.85. The highest BCUT2D eigenvalue weighted by molar-refractivity contribution is 5.26. The highest BCUT2D eigenvalue weighted by Gasteiger charge is 2.13. The summed E-state index contributed by atoms with van der Waals surface area (Å²) in [6.07, 6.45) is 1.09. The first-order chi connectivity index (χ1) is 10.0. The lowest BCUT2D eigenvalue weighted by molar-refractivity contribution is 0.150. The van der Waals surface area contributed by atoms with Crippen molar-refractivity contribution in [3.05, 3.63) is 47.0 Å². The lowest BCUT2D eigenvalue weighted by Gasteiger charge is -2.13. The Balaban J connectivity index is 2.13. The summed E-state index contributed by atoms with van der Waals surface area (Å²) in [6, 6.07) is 8.18. The van der Waals surface area contributed by atoms with Crippen LogP contribution in [-0.2, 0) is 19.4 Å². The van der Waals surface area contributed by atoms with E-state index in [1.54, 1.807) is 0 Å². The number of benzene rings is 1. The van der Waals surface area contributed by atoms with Crippen LogP contribution < -0.4 is 0 Å². The number of aryl methyl sites for hydroxylation is 2. The Bertz CT molecular complexity index is 572. The summed E-state index contributed by atoms with van der Waals surface area (Å²) in [7, 11) is 0. The zero-order valence-corrected chi connectivity index (χ0v) is 13.4. The van der Waals surface area contributed by atoms with Gasteiger partial charge in [-0.25, -0.2) is 9.67 Å². The minimum absolute atomic E-state index is 0.456. The molecule has 1 unspecified atom stereocenters. The van der Waals surface area contributed by atoms with Crippen LogP contribution in [0.15, 0.2) is 24.3 Å². The van der Waals surface area contributed by atoms with Gasteiger partial charge in [0.15, 0.2) is 5.82 Å². The number of hydrogen-bond donors (Lipinski definition) is 1. The van der Waals surface area contributed by atoms with E-state index in [2.05, 4.69) is 43.0 Å². The first-order valence-corrected chi connectivity index (χ1v) is 7.75. The van der Waals surface area contributed by atoms with E-state index >= 15 is 0 Å². The molecule has 2 aromatic rings. The van der Waals surface area contributed by atoms with E-state index in [4.69, 9.17) is 0 Å². The van der Waals surface area contributed by atoms with Crippen molar-refractivity contribution in [1.29, 1.82) is 0 Å². The molecule has 0 amide bonds. The third kappa shape index (κ3) is 3.70. The molecule has 0 saturated carbocycles. The van der Waals surface area contributed by atoms with Crippen LogP contribution in [0.4, 0.5) is 0 Å².